The van der Waals surface area contributed by atoms with Crippen molar-refractivity contribution in [3.63, 3.8) is 0 Å². The molecule has 3 aromatic rings. The van der Waals surface area contributed by atoms with E-state index >= 15 is 0 Å². The molecule has 170 valence electrons. The Balaban J connectivity index is 1.43. The van der Waals surface area contributed by atoms with Crippen LogP contribution < -0.4 is 20.3 Å². The number of hydrogen-bond acceptors (Lipinski definition) is 7. The lowest BCUT2D eigenvalue weighted by molar-refractivity contribution is -0.113. The Morgan fingerprint density at radius 2 is 2.09 bits per heavy atom. The molecule has 1 aliphatic heterocycles. The maximum absolute atomic E-state index is 12.8. The van der Waals surface area contributed by atoms with Crippen LogP contribution in [0.25, 0.3) is 10.2 Å². The number of thiophene rings is 1. The van der Waals surface area contributed by atoms with E-state index in [0.717, 1.165) is 34.5 Å². The predicted octanol–water partition coefficient (Wildman–Crippen LogP) is 4.77. The number of rotatable bonds is 7. The van der Waals surface area contributed by atoms with E-state index in [1.807, 2.05) is 6.92 Å². The van der Waals surface area contributed by atoms with Crippen LogP contribution in [0.2, 0.25) is 0 Å². The molecular formula is C23H27N3O4S2. The molecule has 4 rings (SSSR count). The number of hydrogen-bond donors (Lipinski definition) is 2. The maximum Gasteiger partial charge on any atom is 0.260 e. The number of amides is 1. The second-order valence-corrected chi connectivity index (χ2v) is 10.1. The van der Waals surface area contributed by atoms with Crippen molar-refractivity contribution in [2.24, 2.45) is 5.92 Å². The van der Waals surface area contributed by atoms with Crippen molar-refractivity contribution in [1.82, 2.24) is 9.97 Å². The molecule has 1 aliphatic rings. The highest BCUT2D eigenvalue weighted by atomic mass is 32.2. The summed E-state index contributed by atoms with van der Waals surface area (Å²) in [6.45, 7) is 7.59. The van der Waals surface area contributed by atoms with E-state index in [9.17, 15) is 9.59 Å². The lowest BCUT2D eigenvalue weighted by Gasteiger charge is -2.10. The number of ether oxygens (including phenoxy) is 2. The Labute approximate surface area is 194 Å². The Bertz CT molecular complexity index is 1190. The summed E-state index contributed by atoms with van der Waals surface area (Å²) in [4.78, 5) is 34.6. The van der Waals surface area contributed by atoms with Crippen LogP contribution in [0, 0.1) is 12.8 Å². The van der Waals surface area contributed by atoms with Crippen LogP contribution in [0.15, 0.2) is 28.2 Å². The summed E-state index contributed by atoms with van der Waals surface area (Å²) in [6, 6.07) is 5.35. The molecule has 0 aliphatic carbocycles. The summed E-state index contributed by atoms with van der Waals surface area (Å²) in [5.74, 6) is 1.77. The summed E-state index contributed by atoms with van der Waals surface area (Å²) < 4.78 is 11.3. The summed E-state index contributed by atoms with van der Waals surface area (Å²) in [5.41, 5.74) is 1.60. The average Bonchev–Trinajstić information content (AvgIpc) is 2.93. The van der Waals surface area contributed by atoms with Crippen molar-refractivity contribution >= 4 is 44.9 Å². The molecule has 9 heteroatoms. The van der Waals surface area contributed by atoms with Gasteiger partial charge < -0.3 is 19.8 Å². The molecule has 1 amide bonds. The van der Waals surface area contributed by atoms with Gasteiger partial charge in [-0.15, -0.1) is 11.3 Å². The van der Waals surface area contributed by atoms with Crippen molar-refractivity contribution < 1.29 is 14.3 Å². The van der Waals surface area contributed by atoms with Crippen molar-refractivity contribution in [1.29, 1.82) is 0 Å². The second kappa shape index (κ2) is 9.95. The van der Waals surface area contributed by atoms with Crippen molar-refractivity contribution in [2.45, 2.75) is 45.2 Å². The van der Waals surface area contributed by atoms with Crippen molar-refractivity contribution in [2.75, 3.05) is 24.3 Å². The summed E-state index contributed by atoms with van der Waals surface area (Å²) in [6.07, 6.45) is 2.76. The first-order valence-electron chi connectivity index (χ1n) is 10.8. The summed E-state index contributed by atoms with van der Waals surface area (Å²) in [5, 5.41) is 4.00. The van der Waals surface area contributed by atoms with Gasteiger partial charge in [-0.2, -0.15) is 0 Å². The fourth-order valence-corrected chi connectivity index (χ4v) is 5.31. The number of carbonyl (C=O) groups excluding carboxylic acids is 1. The summed E-state index contributed by atoms with van der Waals surface area (Å²) in [7, 11) is 0. The number of aryl methyl sites for hydroxylation is 1. The van der Waals surface area contributed by atoms with E-state index in [4.69, 9.17) is 9.47 Å². The van der Waals surface area contributed by atoms with Crippen LogP contribution in [-0.4, -0.2) is 34.8 Å². The first kappa shape index (κ1) is 22.7. The highest BCUT2D eigenvalue weighted by molar-refractivity contribution is 7.99. The second-order valence-electron chi connectivity index (χ2n) is 7.95. The van der Waals surface area contributed by atoms with Gasteiger partial charge >= 0.3 is 0 Å². The van der Waals surface area contributed by atoms with Crippen LogP contribution in [0.1, 0.15) is 37.1 Å². The molecule has 0 spiro atoms. The monoisotopic (exact) mass is 473 g/mol. The number of nitrogens with zero attached hydrogens (tertiary/aromatic N) is 1. The molecule has 32 heavy (non-hydrogen) atoms. The molecule has 0 radical (unpaired) electrons. The Morgan fingerprint density at radius 3 is 2.88 bits per heavy atom. The number of carbonyl (C=O) groups is 1. The number of fused-ring (bicyclic) bond motifs is 2. The van der Waals surface area contributed by atoms with Gasteiger partial charge in [0.15, 0.2) is 16.7 Å². The Hall–Kier alpha value is -2.52. The lowest BCUT2D eigenvalue weighted by Crippen LogP contribution is -2.16. The number of benzene rings is 1. The fraction of sp³-hybridized carbons (Fsp3) is 0.435. The van der Waals surface area contributed by atoms with Gasteiger partial charge in [-0.3, -0.25) is 9.59 Å². The highest BCUT2D eigenvalue weighted by Crippen LogP contribution is 2.33. The smallest absolute Gasteiger partial charge is 0.260 e. The van der Waals surface area contributed by atoms with Crippen LogP contribution in [0.5, 0.6) is 11.5 Å². The lowest BCUT2D eigenvalue weighted by atomic mass is 9.98. The predicted molar refractivity (Wildman–Crippen MR) is 130 cm³/mol. The van der Waals surface area contributed by atoms with Crippen molar-refractivity contribution in [3.05, 3.63) is 39.0 Å². The normalized spacial score (nSPS) is 14.2. The number of aromatic nitrogens is 2. The van der Waals surface area contributed by atoms with E-state index in [0.29, 0.717) is 46.9 Å². The van der Waals surface area contributed by atoms with Crippen LogP contribution >= 0.6 is 23.1 Å². The van der Waals surface area contributed by atoms with Gasteiger partial charge in [0.1, 0.15) is 4.83 Å². The number of thioether (sulfide) groups is 1. The number of nitrogens with one attached hydrogen (secondary N) is 2. The maximum atomic E-state index is 12.8. The van der Waals surface area contributed by atoms with Gasteiger partial charge in [-0.25, -0.2) is 4.98 Å². The quantitative estimate of drug-likeness (QED) is 0.379. The number of anilines is 1. The van der Waals surface area contributed by atoms with E-state index in [1.165, 1.54) is 11.8 Å². The molecule has 2 aromatic heterocycles. The Kier molecular flexibility index (Phi) is 7.05. The van der Waals surface area contributed by atoms with E-state index in [2.05, 4.69) is 29.1 Å². The average molecular weight is 474 g/mol. The number of aromatic amines is 1. The van der Waals surface area contributed by atoms with E-state index in [-0.39, 0.29) is 17.2 Å². The summed E-state index contributed by atoms with van der Waals surface area (Å²) >= 11 is 2.75. The minimum atomic E-state index is -0.188. The third-order valence-electron chi connectivity index (χ3n) is 5.46. The van der Waals surface area contributed by atoms with Crippen LogP contribution in [0.4, 0.5) is 5.69 Å². The number of H-pyrrole nitrogens is 1. The molecule has 0 unspecified atom stereocenters. The molecule has 2 N–H and O–H groups in total. The van der Waals surface area contributed by atoms with E-state index < -0.39 is 0 Å². The molecular weight excluding hydrogens is 446 g/mol. The first-order chi connectivity index (χ1) is 15.4. The minimum Gasteiger partial charge on any atom is -0.490 e. The largest absolute Gasteiger partial charge is 0.490 e. The third-order valence-corrected chi connectivity index (χ3v) is 7.38. The molecule has 3 heterocycles. The van der Waals surface area contributed by atoms with Crippen LogP contribution in [-0.2, 0) is 11.2 Å². The van der Waals surface area contributed by atoms with Gasteiger partial charge in [-0.05, 0) is 37.0 Å². The zero-order valence-electron chi connectivity index (χ0n) is 18.4. The van der Waals surface area contributed by atoms with Gasteiger partial charge in [0.2, 0.25) is 5.91 Å². The third kappa shape index (κ3) is 5.10. The molecule has 0 saturated carbocycles. The fourth-order valence-electron chi connectivity index (χ4n) is 3.53. The molecule has 0 saturated heterocycles. The molecule has 1 aromatic carbocycles. The van der Waals surface area contributed by atoms with Gasteiger partial charge in [0.05, 0.1) is 24.4 Å². The van der Waals surface area contributed by atoms with Gasteiger partial charge in [0, 0.05) is 23.1 Å². The van der Waals surface area contributed by atoms with Crippen LogP contribution in [0.3, 0.4) is 0 Å². The standard InChI is InChI=1S/C23H27N3O4S2/c1-4-13(2)10-16-14(3)32-22-20(16)21(28)25-23(26-22)31-12-19(27)24-15-6-7-17-18(11-15)30-9-5-8-29-17/h6-7,11,13H,4-5,8-10,12H2,1-3H3,(H,24,27)(H,25,26,28)/t13-/m0/s1. The zero-order valence-corrected chi connectivity index (χ0v) is 20.1. The van der Waals surface area contributed by atoms with Crippen molar-refractivity contribution in [3.8, 4) is 11.5 Å². The molecule has 0 bridgehead atoms. The Morgan fingerprint density at radius 1 is 1.31 bits per heavy atom. The molecule has 1 atom stereocenters. The SMILES string of the molecule is CC[C@H](C)Cc1c(C)sc2nc(SCC(=O)Nc3ccc4c(c3)OCCCO4)[nH]c(=O)c12. The van der Waals surface area contributed by atoms with Gasteiger partial charge in [-0.1, -0.05) is 32.0 Å². The first-order valence-corrected chi connectivity index (χ1v) is 12.6. The zero-order chi connectivity index (χ0) is 22.7. The topological polar surface area (TPSA) is 93.3 Å². The highest BCUT2D eigenvalue weighted by Gasteiger charge is 2.18. The van der Waals surface area contributed by atoms with Gasteiger partial charge in [0.25, 0.3) is 5.56 Å². The molecule has 7 nitrogen and oxygen atoms in total. The minimum absolute atomic E-state index is 0.132. The van der Waals surface area contributed by atoms with E-state index in [1.54, 1.807) is 29.5 Å². The molecule has 0 fully saturated rings.